The highest BCUT2D eigenvalue weighted by Gasteiger charge is 2.13. The number of rotatable bonds is 14. The van der Waals surface area contributed by atoms with Crippen molar-refractivity contribution >= 4 is 0 Å². The average molecular weight is 309 g/mol. The highest BCUT2D eigenvalue weighted by Crippen LogP contribution is 2.15. The molecule has 2 nitrogen and oxygen atoms in total. The van der Waals surface area contributed by atoms with Crippen LogP contribution in [0.2, 0.25) is 0 Å². The summed E-state index contributed by atoms with van der Waals surface area (Å²) in [5, 5.41) is 0. The van der Waals surface area contributed by atoms with Crippen LogP contribution >= 0.6 is 0 Å². The predicted molar refractivity (Wildman–Crippen MR) is 93.8 cm³/mol. The molecule has 2 heteroatoms. The second-order valence-corrected chi connectivity index (χ2v) is 6.51. The number of hydrogen-bond donors (Lipinski definition) is 0. The fraction of sp³-hybridized carbons (Fsp3) is 0.900. The van der Waals surface area contributed by atoms with E-state index in [9.17, 15) is 0 Å². The van der Waals surface area contributed by atoms with E-state index in [1.807, 2.05) is 0 Å². The van der Waals surface area contributed by atoms with Crippen LogP contribution in [-0.4, -0.2) is 19.5 Å². The quantitative estimate of drug-likeness (QED) is 0.296. The Morgan fingerprint density at radius 3 is 1.95 bits per heavy atom. The van der Waals surface area contributed by atoms with Gasteiger partial charge >= 0.3 is 0 Å². The van der Waals surface area contributed by atoms with Gasteiger partial charge in [-0.2, -0.15) is 0 Å². The topological polar surface area (TPSA) is 18.5 Å². The molecule has 0 aromatic carbocycles. The SMILES string of the molecule is C#CCCCCCCCCCCCCCOC1CCCCO1. The monoisotopic (exact) mass is 308 g/mol. The first kappa shape index (κ1) is 19.5. The maximum atomic E-state index is 5.75. The van der Waals surface area contributed by atoms with Gasteiger partial charge in [-0.15, -0.1) is 12.3 Å². The molecule has 1 atom stereocenters. The van der Waals surface area contributed by atoms with Crippen LogP contribution in [0.4, 0.5) is 0 Å². The molecule has 22 heavy (non-hydrogen) atoms. The summed E-state index contributed by atoms with van der Waals surface area (Å²) in [4.78, 5) is 0. The van der Waals surface area contributed by atoms with Gasteiger partial charge in [-0.25, -0.2) is 0 Å². The molecular formula is C20H36O2. The second kappa shape index (κ2) is 15.4. The van der Waals surface area contributed by atoms with E-state index in [-0.39, 0.29) is 6.29 Å². The summed E-state index contributed by atoms with van der Waals surface area (Å²) in [7, 11) is 0. The molecular weight excluding hydrogens is 272 g/mol. The molecule has 128 valence electrons. The first-order valence-corrected chi connectivity index (χ1v) is 9.60. The summed E-state index contributed by atoms with van der Waals surface area (Å²) < 4.78 is 11.3. The first-order chi connectivity index (χ1) is 10.9. The van der Waals surface area contributed by atoms with Gasteiger partial charge in [0.2, 0.25) is 0 Å². The number of ether oxygens (including phenoxy) is 2. The van der Waals surface area contributed by atoms with Gasteiger partial charge in [0.05, 0.1) is 0 Å². The van der Waals surface area contributed by atoms with Crippen molar-refractivity contribution < 1.29 is 9.47 Å². The van der Waals surface area contributed by atoms with Crippen LogP contribution in [0, 0.1) is 12.3 Å². The Morgan fingerprint density at radius 2 is 1.41 bits per heavy atom. The van der Waals surface area contributed by atoms with Crippen LogP contribution in [0.1, 0.15) is 96.3 Å². The van der Waals surface area contributed by atoms with Crippen LogP contribution in [0.5, 0.6) is 0 Å². The van der Waals surface area contributed by atoms with Gasteiger partial charge < -0.3 is 9.47 Å². The molecule has 0 bridgehead atoms. The van der Waals surface area contributed by atoms with Gasteiger partial charge in [0.25, 0.3) is 0 Å². The highest BCUT2D eigenvalue weighted by atomic mass is 16.7. The Kier molecular flexibility index (Phi) is 13.6. The minimum Gasteiger partial charge on any atom is -0.353 e. The van der Waals surface area contributed by atoms with Crippen LogP contribution < -0.4 is 0 Å². The van der Waals surface area contributed by atoms with Crippen molar-refractivity contribution in [3.05, 3.63) is 0 Å². The summed E-state index contributed by atoms with van der Waals surface area (Å²) in [5.41, 5.74) is 0. The zero-order chi connectivity index (χ0) is 15.7. The van der Waals surface area contributed by atoms with Crippen molar-refractivity contribution in [3.8, 4) is 12.3 Å². The van der Waals surface area contributed by atoms with Crippen LogP contribution in [0.25, 0.3) is 0 Å². The van der Waals surface area contributed by atoms with E-state index in [1.54, 1.807) is 0 Å². The second-order valence-electron chi connectivity index (χ2n) is 6.51. The summed E-state index contributed by atoms with van der Waals surface area (Å²) in [5.74, 6) is 2.71. The molecule has 1 aliphatic rings. The van der Waals surface area contributed by atoms with E-state index in [0.29, 0.717) is 0 Å². The van der Waals surface area contributed by atoms with Crippen LogP contribution in [0.15, 0.2) is 0 Å². The lowest BCUT2D eigenvalue weighted by Gasteiger charge is -2.22. The maximum Gasteiger partial charge on any atom is 0.157 e. The van der Waals surface area contributed by atoms with Crippen molar-refractivity contribution in [1.29, 1.82) is 0 Å². The highest BCUT2D eigenvalue weighted by molar-refractivity contribution is 4.82. The Bertz CT molecular complexity index is 263. The molecule has 0 aromatic heterocycles. The molecule has 0 aromatic rings. The largest absolute Gasteiger partial charge is 0.353 e. The standard InChI is InChI=1S/C20H36O2/c1-2-3-4-5-6-7-8-9-10-11-12-13-15-18-21-20-17-14-16-19-22-20/h1,20H,3-19H2. The van der Waals surface area contributed by atoms with Gasteiger partial charge in [-0.05, 0) is 32.1 Å². The summed E-state index contributed by atoms with van der Waals surface area (Å²) in [6.45, 7) is 1.76. The molecule has 1 unspecified atom stereocenters. The molecule has 0 radical (unpaired) electrons. The van der Waals surface area contributed by atoms with E-state index >= 15 is 0 Å². The molecule has 0 saturated carbocycles. The van der Waals surface area contributed by atoms with Gasteiger partial charge in [0.1, 0.15) is 0 Å². The van der Waals surface area contributed by atoms with Crippen molar-refractivity contribution in [3.63, 3.8) is 0 Å². The van der Waals surface area contributed by atoms with Gasteiger partial charge in [-0.3, -0.25) is 0 Å². The maximum absolute atomic E-state index is 5.75. The molecule has 0 N–H and O–H groups in total. The average Bonchev–Trinajstić information content (AvgIpc) is 2.56. The Balaban J connectivity index is 1.68. The summed E-state index contributed by atoms with van der Waals surface area (Å²) >= 11 is 0. The van der Waals surface area contributed by atoms with Crippen molar-refractivity contribution in [2.45, 2.75) is 103 Å². The molecule has 0 aliphatic carbocycles. The molecule has 0 spiro atoms. The lowest BCUT2D eigenvalue weighted by Crippen LogP contribution is -2.22. The van der Waals surface area contributed by atoms with E-state index in [0.717, 1.165) is 26.1 Å². The van der Waals surface area contributed by atoms with Crippen molar-refractivity contribution in [2.24, 2.45) is 0 Å². The number of unbranched alkanes of at least 4 members (excludes halogenated alkanes) is 11. The summed E-state index contributed by atoms with van der Waals surface area (Å²) in [6, 6.07) is 0. The molecule has 1 aliphatic heterocycles. The third-order valence-corrected chi connectivity index (χ3v) is 4.41. The predicted octanol–water partition coefficient (Wildman–Crippen LogP) is 5.84. The Morgan fingerprint density at radius 1 is 0.818 bits per heavy atom. The van der Waals surface area contributed by atoms with Crippen LogP contribution in [-0.2, 0) is 9.47 Å². The fourth-order valence-electron chi connectivity index (χ4n) is 2.98. The zero-order valence-electron chi connectivity index (χ0n) is 14.5. The lowest BCUT2D eigenvalue weighted by molar-refractivity contribution is -0.162. The third-order valence-electron chi connectivity index (χ3n) is 4.41. The Labute approximate surface area is 138 Å². The summed E-state index contributed by atoms with van der Waals surface area (Å²) in [6.07, 6.45) is 24.6. The van der Waals surface area contributed by atoms with E-state index in [2.05, 4.69) is 5.92 Å². The third kappa shape index (κ3) is 12.1. The number of terminal acetylenes is 1. The molecule has 1 rings (SSSR count). The van der Waals surface area contributed by atoms with Crippen molar-refractivity contribution in [1.82, 2.24) is 0 Å². The van der Waals surface area contributed by atoms with Crippen LogP contribution in [0.3, 0.4) is 0 Å². The molecule has 1 heterocycles. The number of hydrogen-bond acceptors (Lipinski definition) is 2. The van der Waals surface area contributed by atoms with Gasteiger partial charge in [-0.1, -0.05) is 57.8 Å². The zero-order valence-corrected chi connectivity index (χ0v) is 14.5. The van der Waals surface area contributed by atoms with Crippen molar-refractivity contribution in [2.75, 3.05) is 13.2 Å². The minimum absolute atomic E-state index is 0.0920. The lowest BCUT2D eigenvalue weighted by atomic mass is 10.1. The molecule has 1 fully saturated rings. The van der Waals surface area contributed by atoms with E-state index < -0.39 is 0 Å². The first-order valence-electron chi connectivity index (χ1n) is 9.60. The van der Waals surface area contributed by atoms with E-state index in [4.69, 9.17) is 15.9 Å². The molecule has 1 saturated heterocycles. The van der Waals surface area contributed by atoms with Gasteiger partial charge in [0, 0.05) is 19.6 Å². The molecule has 0 amide bonds. The fourth-order valence-corrected chi connectivity index (χ4v) is 2.98. The Hall–Kier alpha value is -0.520. The smallest absolute Gasteiger partial charge is 0.157 e. The normalized spacial score (nSPS) is 18.2. The van der Waals surface area contributed by atoms with E-state index in [1.165, 1.54) is 83.5 Å². The van der Waals surface area contributed by atoms with Gasteiger partial charge in [0.15, 0.2) is 6.29 Å². The minimum atomic E-state index is 0.0920.